The maximum atomic E-state index is 11.8. The summed E-state index contributed by atoms with van der Waals surface area (Å²) in [5.41, 5.74) is 0.612. The van der Waals surface area contributed by atoms with Crippen LogP contribution in [0.5, 0.6) is 5.75 Å². The van der Waals surface area contributed by atoms with Crippen molar-refractivity contribution >= 4 is 29.5 Å². The molecule has 0 bridgehead atoms. The smallest absolute Gasteiger partial charge is 0.270 e. The van der Waals surface area contributed by atoms with Gasteiger partial charge in [-0.05, 0) is 23.8 Å². The van der Waals surface area contributed by atoms with Crippen LogP contribution in [0.4, 0.5) is 5.69 Å². The molecule has 0 radical (unpaired) electrons. The Bertz CT molecular complexity index is 779. The standard InChI is InChI=1S/C16H13ClN2O5/c17-13-3-1-2-11(6-13)8-18-16(21)10-24-15-5-4-14(19(22)23)7-12(15)9-20/h1-7,9H,8,10H2,(H,18,21). The van der Waals surface area contributed by atoms with Gasteiger partial charge in [-0.25, -0.2) is 0 Å². The van der Waals surface area contributed by atoms with Crippen molar-refractivity contribution in [1.82, 2.24) is 5.32 Å². The zero-order chi connectivity index (χ0) is 17.5. The molecule has 0 saturated heterocycles. The number of ether oxygens (including phenoxy) is 1. The van der Waals surface area contributed by atoms with E-state index in [1.165, 1.54) is 12.1 Å². The summed E-state index contributed by atoms with van der Waals surface area (Å²) in [7, 11) is 0. The zero-order valence-electron chi connectivity index (χ0n) is 12.4. The van der Waals surface area contributed by atoms with E-state index in [-0.39, 0.29) is 30.2 Å². The first-order chi connectivity index (χ1) is 11.5. The van der Waals surface area contributed by atoms with E-state index in [4.69, 9.17) is 16.3 Å². The number of benzene rings is 2. The van der Waals surface area contributed by atoms with Crippen molar-refractivity contribution in [3.63, 3.8) is 0 Å². The van der Waals surface area contributed by atoms with Crippen molar-refractivity contribution in [3.8, 4) is 5.75 Å². The van der Waals surface area contributed by atoms with Crippen molar-refractivity contribution in [1.29, 1.82) is 0 Å². The molecule has 124 valence electrons. The minimum Gasteiger partial charge on any atom is -0.483 e. The third kappa shape index (κ3) is 4.79. The maximum Gasteiger partial charge on any atom is 0.270 e. The molecule has 0 aliphatic rings. The van der Waals surface area contributed by atoms with Crippen LogP contribution in [0, 0.1) is 10.1 Å². The third-order valence-electron chi connectivity index (χ3n) is 3.07. The first kappa shape index (κ1) is 17.4. The average molecular weight is 349 g/mol. The van der Waals surface area contributed by atoms with Gasteiger partial charge in [0, 0.05) is 23.7 Å². The molecule has 0 spiro atoms. The highest BCUT2D eigenvalue weighted by molar-refractivity contribution is 6.30. The van der Waals surface area contributed by atoms with Crippen LogP contribution in [-0.4, -0.2) is 23.7 Å². The molecule has 0 saturated carbocycles. The summed E-state index contributed by atoms with van der Waals surface area (Å²) >= 11 is 5.85. The second kappa shape index (κ2) is 8.07. The normalized spacial score (nSPS) is 10.0. The Balaban J connectivity index is 1.91. The van der Waals surface area contributed by atoms with Gasteiger partial charge >= 0.3 is 0 Å². The lowest BCUT2D eigenvalue weighted by molar-refractivity contribution is -0.384. The Labute approximate surface area is 142 Å². The van der Waals surface area contributed by atoms with E-state index in [1.807, 2.05) is 6.07 Å². The number of carbonyl (C=O) groups is 2. The number of nitrogens with zero attached hydrogens (tertiary/aromatic N) is 1. The van der Waals surface area contributed by atoms with Crippen molar-refractivity contribution in [2.24, 2.45) is 0 Å². The topological polar surface area (TPSA) is 98.5 Å². The van der Waals surface area contributed by atoms with Crippen LogP contribution in [0.15, 0.2) is 42.5 Å². The molecule has 2 aromatic rings. The molecule has 0 aliphatic carbocycles. The zero-order valence-corrected chi connectivity index (χ0v) is 13.2. The van der Waals surface area contributed by atoms with Gasteiger partial charge in [-0.2, -0.15) is 0 Å². The number of nitro benzene ring substituents is 1. The Morgan fingerprint density at radius 2 is 2.08 bits per heavy atom. The van der Waals surface area contributed by atoms with Crippen molar-refractivity contribution in [2.45, 2.75) is 6.54 Å². The number of halogens is 1. The molecule has 0 fully saturated rings. The maximum absolute atomic E-state index is 11.8. The van der Waals surface area contributed by atoms with Gasteiger partial charge in [0.05, 0.1) is 10.5 Å². The summed E-state index contributed by atoms with van der Waals surface area (Å²) in [6, 6.07) is 10.6. The number of carbonyl (C=O) groups excluding carboxylic acids is 2. The van der Waals surface area contributed by atoms with Crippen LogP contribution in [0.25, 0.3) is 0 Å². The van der Waals surface area contributed by atoms with Crippen molar-refractivity contribution in [3.05, 3.63) is 68.7 Å². The largest absolute Gasteiger partial charge is 0.483 e. The van der Waals surface area contributed by atoms with E-state index >= 15 is 0 Å². The number of non-ortho nitro benzene ring substituents is 1. The molecule has 1 N–H and O–H groups in total. The summed E-state index contributed by atoms with van der Waals surface area (Å²) < 4.78 is 5.24. The Morgan fingerprint density at radius 1 is 1.29 bits per heavy atom. The Morgan fingerprint density at radius 3 is 2.75 bits per heavy atom. The van der Waals surface area contributed by atoms with Crippen LogP contribution in [0.2, 0.25) is 5.02 Å². The number of rotatable bonds is 7. The van der Waals surface area contributed by atoms with Gasteiger partial charge in [0.15, 0.2) is 12.9 Å². The number of nitrogens with one attached hydrogen (secondary N) is 1. The minimum atomic E-state index is -0.617. The fraction of sp³-hybridized carbons (Fsp3) is 0.125. The van der Waals surface area contributed by atoms with E-state index in [0.717, 1.165) is 11.6 Å². The molecular formula is C16H13ClN2O5. The number of hydrogen-bond acceptors (Lipinski definition) is 5. The first-order valence-electron chi connectivity index (χ1n) is 6.87. The molecule has 0 aromatic heterocycles. The fourth-order valence-corrected chi connectivity index (χ4v) is 2.13. The van der Waals surface area contributed by atoms with Crippen molar-refractivity contribution in [2.75, 3.05) is 6.61 Å². The average Bonchev–Trinajstić information content (AvgIpc) is 2.58. The highest BCUT2D eigenvalue weighted by Gasteiger charge is 2.12. The summed E-state index contributed by atoms with van der Waals surface area (Å²) in [4.78, 5) is 32.8. The number of amides is 1. The molecule has 2 rings (SSSR count). The molecule has 0 unspecified atom stereocenters. The molecule has 7 nitrogen and oxygen atoms in total. The second-order valence-electron chi connectivity index (χ2n) is 4.79. The fourth-order valence-electron chi connectivity index (χ4n) is 1.91. The van der Waals surface area contributed by atoms with Gasteiger partial charge in [-0.1, -0.05) is 23.7 Å². The van der Waals surface area contributed by atoms with Gasteiger partial charge < -0.3 is 10.1 Å². The van der Waals surface area contributed by atoms with Crippen LogP contribution < -0.4 is 10.1 Å². The lowest BCUT2D eigenvalue weighted by Crippen LogP contribution is -2.28. The molecule has 8 heteroatoms. The highest BCUT2D eigenvalue weighted by atomic mass is 35.5. The van der Waals surface area contributed by atoms with E-state index in [9.17, 15) is 19.7 Å². The summed E-state index contributed by atoms with van der Waals surface area (Å²) in [6.45, 7) is -0.0389. The highest BCUT2D eigenvalue weighted by Crippen LogP contribution is 2.22. The predicted octanol–water partition coefficient (Wildman–Crippen LogP) is 2.76. The molecule has 2 aromatic carbocycles. The van der Waals surface area contributed by atoms with Gasteiger partial charge in [-0.15, -0.1) is 0 Å². The van der Waals surface area contributed by atoms with Gasteiger partial charge in [0.1, 0.15) is 5.75 Å². The predicted molar refractivity (Wildman–Crippen MR) is 87.3 cm³/mol. The summed E-state index contributed by atoms with van der Waals surface area (Å²) in [5, 5.41) is 13.9. The van der Waals surface area contributed by atoms with Crippen LogP contribution in [-0.2, 0) is 11.3 Å². The number of nitro groups is 1. The molecule has 1 amide bonds. The molecule has 24 heavy (non-hydrogen) atoms. The van der Waals surface area contributed by atoms with E-state index < -0.39 is 10.8 Å². The van der Waals surface area contributed by atoms with E-state index in [2.05, 4.69) is 5.32 Å². The molecular weight excluding hydrogens is 336 g/mol. The lowest BCUT2D eigenvalue weighted by Gasteiger charge is -2.09. The van der Waals surface area contributed by atoms with Crippen LogP contribution in [0.1, 0.15) is 15.9 Å². The summed E-state index contributed by atoms with van der Waals surface area (Å²) in [5.74, 6) is -0.293. The molecule has 0 heterocycles. The quantitative estimate of drug-likeness (QED) is 0.471. The lowest BCUT2D eigenvalue weighted by atomic mass is 10.2. The summed E-state index contributed by atoms with van der Waals surface area (Å²) in [6.07, 6.45) is 0.437. The molecule has 0 aliphatic heterocycles. The number of aldehydes is 1. The van der Waals surface area contributed by atoms with E-state index in [1.54, 1.807) is 18.2 Å². The Kier molecular flexibility index (Phi) is 5.86. The van der Waals surface area contributed by atoms with Gasteiger partial charge in [-0.3, -0.25) is 19.7 Å². The van der Waals surface area contributed by atoms with Crippen LogP contribution in [0.3, 0.4) is 0 Å². The van der Waals surface area contributed by atoms with Crippen LogP contribution >= 0.6 is 11.6 Å². The van der Waals surface area contributed by atoms with Crippen molar-refractivity contribution < 1.29 is 19.2 Å². The number of hydrogen-bond donors (Lipinski definition) is 1. The molecule has 0 atom stereocenters. The minimum absolute atomic E-state index is 0.00633. The third-order valence-corrected chi connectivity index (χ3v) is 3.30. The van der Waals surface area contributed by atoms with Gasteiger partial charge in [0.2, 0.25) is 0 Å². The second-order valence-corrected chi connectivity index (χ2v) is 5.23. The SMILES string of the molecule is O=Cc1cc([N+](=O)[O-])ccc1OCC(=O)NCc1cccc(Cl)c1. The first-order valence-corrected chi connectivity index (χ1v) is 7.25. The monoisotopic (exact) mass is 348 g/mol. The van der Waals surface area contributed by atoms with E-state index in [0.29, 0.717) is 11.3 Å². The Hall–Kier alpha value is -2.93. The van der Waals surface area contributed by atoms with Gasteiger partial charge in [0.25, 0.3) is 11.6 Å².